The Labute approximate surface area is 94.8 Å². The monoisotopic (exact) mass is 209 g/mol. The molecular formula is C14H27N. The van der Waals surface area contributed by atoms with Gasteiger partial charge in [0.15, 0.2) is 0 Å². The van der Waals surface area contributed by atoms with E-state index in [2.05, 4.69) is 0 Å². The fourth-order valence-electron chi connectivity index (χ4n) is 3.18. The molecule has 2 atom stereocenters. The molecule has 2 unspecified atom stereocenters. The highest BCUT2D eigenvalue weighted by atomic mass is 14.9. The summed E-state index contributed by atoms with van der Waals surface area (Å²) < 4.78 is 0. The van der Waals surface area contributed by atoms with Gasteiger partial charge in [0.2, 0.25) is 0 Å². The first-order valence-electron chi connectivity index (χ1n) is 7.10. The Balaban J connectivity index is 1.72. The van der Waals surface area contributed by atoms with Gasteiger partial charge in [0.1, 0.15) is 0 Å². The Morgan fingerprint density at radius 3 is 1.93 bits per heavy atom. The van der Waals surface area contributed by atoms with Crippen LogP contribution in [0.2, 0.25) is 0 Å². The quantitative estimate of drug-likeness (QED) is 0.641. The summed E-state index contributed by atoms with van der Waals surface area (Å²) in [5.41, 5.74) is 6.66. The maximum atomic E-state index is 6.37. The van der Waals surface area contributed by atoms with Crippen LogP contribution in [-0.2, 0) is 0 Å². The fraction of sp³-hybridized carbons (Fsp3) is 1.00. The molecule has 2 rings (SSSR count). The summed E-state index contributed by atoms with van der Waals surface area (Å²) in [5.74, 6) is 0.887. The first kappa shape index (κ1) is 11.4. The normalized spacial score (nSPS) is 39.4. The van der Waals surface area contributed by atoms with Crippen LogP contribution in [-0.4, -0.2) is 5.54 Å². The predicted molar refractivity (Wildman–Crippen MR) is 65.8 cm³/mol. The van der Waals surface area contributed by atoms with Gasteiger partial charge >= 0.3 is 0 Å². The van der Waals surface area contributed by atoms with Crippen LogP contribution in [0.25, 0.3) is 0 Å². The van der Waals surface area contributed by atoms with Gasteiger partial charge in [-0.15, -0.1) is 0 Å². The molecule has 2 aliphatic carbocycles. The van der Waals surface area contributed by atoms with Crippen molar-refractivity contribution in [3.05, 3.63) is 0 Å². The van der Waals surface area contributed by atoms with Gasteiger partial charge in [0.05, 0.1) is 0 Å². The number of hydrogen-bond acceptors (Lipinski definition) is 1. The van der Waals surface area contributed by atoms with Crippen molar-refractivity contribution in [2.75, 3.05) is 0 Å². The average molecular weight is 209 g/mol. The molecule has 0 heterocycles. The summed E-state index contributed by atoms with van der Waals surface area (Å²) in [6.45, 7) is 0. The maximum absolute atomic E-state index is 6.37. The molecular weight excluding hydrogens is 182 g/mol. The SMILES string of the molecule is NC12CCCCCCCCCCCC1C2. The zero-order valence-corrected chi connectivity index (χ0v) is 10.1. The molecule has 0 aromatic carbocycles. The molecule has 15 heavy (non-hydrogen) atoms. The van der Waals surface area contributed by atoms with Gasteiger partial charge in [-0.05, 0) is 25.2 Å². The van der Waals surface area contributed by atoms with Gasteiger partial charge in [0.25, 0.3) is 0 Å². The van der Waals surface area contributed by atoms with Crippen molar-refractivity contribution in [1.82, 2.24) is 0 Å². The second-order valence-electron chi connectivity index (χ2n) is 5.85. The third-order valence-electron chi connectivity index (χ3n) is 4.47. The predicted octanol–water partition coefficient (Wildman–Crippen LogP) is 4.01. The lowest BCUT2D eigenvalue weighted by molar-refractivity contribution is 0.482. The van der Waals surface area contributed by atoms with Crippen molar-refractivity contribution in [3.8, 4) is 0 Å². The minimum atomic E-state index is 0.286. The van der Waals surface area contributed by atoms with Crippen LogP contribution < -0.4 is 5.73 Å². The molecule has 88 valence electrons. The topological polar surface area (TPSA) is 26.0 Å². The summed E-state index contributed by atoms with van der Waals surface area (Å²) in [5, 5.41) is 0. The van der Waals surface area contributed by atoms with Crippen LogP contribution in [0.4, 0.5) is 0 Å². The molecule has 1 heteroatoms. The van der Waals surface area contributed by atoms with Crippen molar-refractivity contribution in [3.63, 3.8) is 0 Å². The lowest BCUT2D eigenvalue weighted by atomic mass is 10.0. The second kappa shape index (κ2) is 5.34. The Bertz CT molecular complexity index is 190. The summed E-state index contributed by atoms with van der Waals surface area (Å²) in [6.07, 6.45) is 17.0. The first-order chi connectivity index (χ1) is 7.31. The molecule has 0 aromatic heterocycles. The first-order valence-corrected chi connectivity index (χ1v) is 7.10. The third-order valence-corrected chi connectivity index (χ3v) is 4.47. The van der Waals surface area contributed by atoms with E-state index < -0.39 is 0 Å². The Hall–Kier alpha value is -0.0400. The van der Waals surface area contributed by atoms with Crippen molar-refractivity contribution < 1.29 is 0 Å². The lowest BCUT2D eigenvalue weighted by Crippen LogP contribution is -2.24. The Morgan fingerprint density at radius 2 is 1.27 bits per heavy atom. The number of hydrogen-bond donors (Lipinski definition) is 1. The molecule has 1 nitrogen and oxygen atoms in total. The molecule has 0 radical (unpaired) electrons. The van der Waals surface area contributed by atoms with E-state index in [4.69, 9.17) is 5.73 Å². The van der Waals surface area contributed by atoms with Crippen LogP contribution in [0.15, 0.2) is 0 Å². The highest BCUT2D eigenvalue weighted by molar-refractivity contribution is 5.07. The van der Waals surface area contributed by atoms with Crippen LogP contribution in [0.3, 0.4) is 0 Å². The highest BCUT2D eigenvalue weighted by Crippen LogP contribution is 2.48. The van der Waals surface area contributed by atoms with Crippen LogP contribution in [0.5, 0.6) is 0 Å². The zero-order chi connectivity index (χ0) is 10.6. The lowest BCUT2D eigenvalue weighted by Gasteiger charge is -2.10. The Kier molecular flexibility index (Phi) is 4.07. The van der Waals surface area contributed by atoms with Gasteiger partial charge in [-0.1, -0.05) is 57.8 Å². The second-order valence-corrected chi connectivity index (χ2v) is 5.85. The fourth-order valence-corrected chi connectivity index (χ4v) is 3.18. The third kappa shape index (κ3) is 3.48. The number of rotatable bonds is 0. The molecule has 0 aliphatic heterocycles. The van der Waals surface area contributed by atoms with E-state index in [1.165, 1.54) is 77.0 Å². The average Bonchev–Trinajstić information content (AvgIpc) is 2.85. The van der Waals surface area contributed by atoms with Crippen LogP contribution in [0.1, 0.15) is 77.0 Å². The van der Waals surface area contributed by atoms with Gasteiger partial charge in [-0.2, -0.15) is 0 Å². The smallest absolute Gasteiger partial charge is 0.0186 e. The molecule has 0 amide bonds. The molecule has 2 aliphatic rings. The largest absolute Gasteiger partial charge is 0.325 e. The van der Waals surface area contributed by atoms with E-state index >= 15 is 0 Å². The van der Waals surface area contributed by atoms with E-state index in [9.17, 15) is 0 Å². The zero-order valence-electron chi connectivity index (χ0n) is 10.1. The summed E-state index contributed by atoms with van der Waals surface area (Å²) >= 11 is 0. The van der Waals surface area contributed by atoms with Crippen LogP contribution >= 0.6 is 0 Å². The number of nitrogens with two attached hydrogens (primary N) is 1. The highest BCUT2D eigenvalue weighted by Gasteiger charge is 2.48. The van der Waals surface area contributed by atoms with Crippen molar-refractivity contribution in [2.24, 2.45) is 11.7 Å². The molecule has 2 N–H and O–H groups in total. The van der Waals surface area contributed by atoms with E-state index in [0.29, 0.717) is 0 Å². The maximum Gasteiger partial charge on any atom is 0.0186 e. The Morgan fingerprint density at radius 1 is 0.733 bits per heavy atom. The molecule has 2 saturated carbocycles. The molecule has 0 bridgehead atoms. The van der Waals surface area contributed by atoms with E-state index in [0.717, 1.165) is 5.92 Å². The van der Waals surface area contributed by atoms with Crippen molar-refractivity contribution in [1.29, 1.82) is 0 Å². The van der Waals surface area contributed by atoms with Crippen LogP contribution in [0, 0.1) is 5.92 Å². The van der Waals surface area contributed by atoms with E-state index in [1.807, 2.05) is 0 Å². The van der Waals surface area contributed by atoms with E-state index in [1.54, 1.807) is 0 Å². The summed E-state index contributed by atoms with van der Waals surface area (Å²) in [6, 6.07) is 0. The molecule has 0 spiro atoms. The van der Waals surface area contributed by atoms with Crippen molar-refractivity contribution >= 4 is 0 Å². The van der Waals surface area contributed by atoms with E-state index in [-0.39, 0.29) is 5.54 Å². The summed E-state index contributed by atoms with van der Waals surface area (Å²) in [7, 11) is 0. The van der Waals surface area contributed by atoms with Gasteiger partial charge in [0, 0.05) is 5.54 Å². The minimum absolute atomic E-state index is 0.286. The number of fused-ring (bicyclic) bond motifs is 1. The molecule has 2 fully saturated rings. The van der Waals surface area contributed by atoms with Gasteiger partial charge < -0.3 is 5.73 Å². The molecule has 0 saturated heterocycles. The van der Waals surface area contributed by atoms with Crippen molar-refractivity contribution in [2.45, 2.75) is 82.6 Å². The summed E-state index contributed by atoms with van der Waals surface area (Å²) in [4.78, 5) is 0. The standard InChI is InChI=1S/C14H27N/c15-14-11-9-7-5-3-1-2-4-6-8-10-13(14)12-14/h13H,1-12,15H2. The molecule has 0 aromatic rings. The minimum Gasteiger partial charge on any atom is -0.325 e. The van der Waals surface area contributed by atoms with Gasteiger partial charge in [-0.3, -0.25) is 0 Å². The van der Waals surface area contributed by atoms with Gasteiger partial charge in [-0.25, -0.2) is 0 Å².